The van der Waals surface area contributed by atoms with E-state index in [9.17, 15) is 8.78 Å². The molecule has 0 spiro atoms. The summed E-state index contributed by atoms with van der Waals surface area (Å²) in [6.07, 6.45) is 0. The molecule has 0 saturated carbocycles. The molecule has 0 heterocycles. The van der Waals surface area contributed by atoms with Crippen LogP contribution in [0.2, 0.25) is 5.02 Å². The van der Waals surface area contributed by atoms with Crippen LogP contribution in [-0.2, 0) is 5.75 Å². The van der Waals surface area contributed by atoms with Crippen LogP contribution in [0.25, 0.3) is 0 Å². The summed E-state index contributed by atoms with van der Waals surface area (Å²) in [4.78, 5) is 0.721. The topological polar surface area (TPSA) is 0 Å². The minimum atomic E-state index is -0.460. The summed E-state index contributed by atoms with van der Waals surface area (Å²) in [6.45, 7) is 0. The van der Waals surface area contributed by atoms with Crippen molar-refractivity contribution in [2.75, 3.05) is 0 Å². The third-order valence-electron chi connectivity index (χ3n) is 2.30. The number of benzene rings is 2. The maximum Gasteiger partial charge on any atom is 0.142 e. The maximum absolute atomic E-state index is 13.6. The lowest BCUT2D eigenvalue weighted by atomic mass is 10.2. The molecule has 0 radical (unpaired) electrons. The number of thioether (sulfide) groups is 1. The monoisotopic (exact) mass is 348 g/mol. The molecule has 2 rings (SSSR count). The van der Waals surface area contributed by atoms with E-state index in [1.54, 1.807) is 18.2 Å². The standard InChI is InChI=1S/C13H8BrClF2S/c14-9-2-1-8(12(16)5-9)7-18-10-3-4-11(15)13(17)6-10/h1-6H,7H2. The normalized spacial score (nSPS) is 10.7. The highest BCUT2D eigenvalue weighted by Crippen LogP contribution is 2.27. The first kappa shape index (κ1) is 13.8. The van der Waals surface area contributed by atoms with E-state index in [1.807, 2.05) is 0 Å². The van der Waals surface area contributed by atoms with Crippen molar-refractivity contribution in [1.29, 1.82) is 0 Å². The fourth-order valence-corrected chi connectivity index (χ4v) is 2.72. The molecule has 0 atom stereocenters. The van der Waals surface area contributed by atoms with Crippen molar-refractivity contribution in [3.05, 3.63) is 63.1 Å². The lowest BCUT2D eigenvalue weighted by Gasteiger charge is -2.04. The quantitative estimate of drug-likeness (QED) is 0.643. The van der Waals surface area contributed by atoms with Gasteiger partial charge in [0.25, 0.3) is 0 Å². The van der Waals surface area contributed by atoms with Crippen LogP contribution in [0.15, 0.2) is 45.8 Å². The summed E-state index contributed by atoms with van der Waals surface area (Å²) < 4.78 is 27.5. The second kappa shape index (κ2) is 6.04. The number of hydrogen-bond donors (Lipinski definition) is 0. The van der Waals surface area contributed by atoms with Crippen LogP contribution >= 0.6 is 39.3 Å². The summed E-state index contributed by atoms with van der Waals surface area (Å²) in [7, 11) is 0. The molecule has 2 aromatic carbocycles. The molecule has 18 heavy (non-hydrogen) atoms. The molecule has 0 N–H and O–H groups in total. The summed E-state index contributed by atoms with van der Waals surface area (Å²) in [5.41, 5.74) is 0.582. The average Bonchev–Trinajstić information content (AvgIpc) is 2.32. The predicted molar refractivity (Wildman–Crippen MR) is 75.1 cm³/mol. The zero-order chi connectivity index (χ0) is 13.1. The molecular formula is C13H8BrClF2S. The van der Waals surface area contributed by atoms with Crippen molar-refractivity contribution in [2.45, 2.75) is 10.6 Å². The third-order valence-corrected chi connectivity index (χ3v) is 4.14. The van der Waals surface area contributed by atoms with E-state index < -0.39 is 5.82 Å². The SMILES string of the molecule is Fc1cc(SCc2ccc(Br)cc2F)ccc1Cl. The van der Waals surface area contributed by atoms with Crippen molar-refractivity contribution in [3.63, 3.8) is 0 Å². The first-order chi connectivity index (χ1) is 8.56. The highest BCUT2D eigenvalue weighted by molar-refractivity contribution is 9.10. The van der Waals surface area contributed by atoms with Gasteiger partial charge < -0.3 is 0 Å². The Morgan fingerprint density at radius 1 is 1.06 bits per heavy atom. The zero-order valence-corrected chi connectivity index (χ0v) is 12.2. The average molecular weight is 350 g/mol. The van der Waals surface area contributed by atoms with Gasteiger partial charge in [-0.25, -0.2) is 8.78 Å². The molecular weight excluding hydrogens is 342 g/mol. The van der Waals surface area contributed by atoms with E-state index in [-0.39, 0.29) is 10.8 Å². The van der Waals surface area contributed by atoms with Crippen molar-refractivity contribution in [1.82, 2.24) is 0 Å². The molecule has 5 heteroatoms. The van der Waals surface area contributed by atoms with Crippen LogP contribution in [0.1, 0.15) is 5.56 Å². The summed E-state index contributed by atoms with van der Waals surface area (Å²) in [6, 6.07) is 9.46. The minimum absolute atomic E-state index is 0.0918. The first-order valence-corrected chi connectivity index (χ1v) is 7.23. The van der Waals surface area contributed by atoms with E-state index in [4.69, 9.17) is 11.6 Å². The lowest BCUT2D eigenvalue weighted by molar-refractivity contribution is 0.616. The van der Waals surface area contributed by atoms with E-state index in [1.165, 1.54) is 30.0 Å². The fourth-order valence-electron chi connectivity index (χ4n) is 1.37. The molecule has 0 aliphatic carbocycles. The number of hydrogen-bond acceptors (Lipinski definition) is 1. The van der Waals surface area contributed by atoms with Crippen molar-refractivity contribution >= 4 is 39.3 Å². The Balaban J connectivity index is 2.09. The Kier molecular flexibility index (Phi) is 4.65. The van der Waals surface area contributed by atoms with Crippen LogP contribution < -0.4 is 0 Å². The fraction of sp³-hybridized carbons (Fsp3) is 0.0769. The number of rotatable bonds is 3. The van der Waals surface area contributed by atoms with E-state index in [0.717, 1.165) is 4.90 Å². The highest BCUT2D eigenvalue weighted by atomic mass is 79.9. The van der Waals surface area contributed by atoms with Crippen molar-refractivity contribution in [3.8, 4) is 0 Å². The van der Waals surface area contributed by atoms with Gasteiger partial charge in [-0.05, 0) is 35.9 Å². The van der Waals surface area contributed by atoms with Gasteiger partial charge in [0.15, 0.2) is 0 Å². The van der Waals surface area contributed by atoms with Crippen LogP contribution in [0, 0.1) is 11.6 Å². The molecule has 0 saturated heterocycles. The van der Waals surface area contributed by atoms with Crippen LogP contribution in [0.5, 0.6) is 0 Å². The minimum Gasteiger partial charge on any atom is -0.207 e. The Labute approximate surface area is 121 Å². The van der Waals surface area contributed by atoms with Gasteiger partial charge in [0.1, 0.15) is 11.6 Å². The predicted octanol–water partition coefficient (Wildman–Crippen LogP) is 5.67. The van der Waals surface area contributed by atoms with Crippen LogP contribution in [0.4, 0.5) is 8.78 Å². The zero-order valence-electron chi connectivity index (χ0n) is 9.09. The van der Waals surface area contributed by atoms with Gasteiger partial charge in [-0.2, -0.15) is 0 Å². The Morgan fingerprint density at radius 2 is 1.83 bits per heavy atom. The molecule has 0 aromatic heterocycles. The molecule has 2 aromatic rings. The van der Waals surface area contributed by atoms with Crippen molar-refractivity contribution < 1.29 is 8.78 Å². The second-order valence-corrected chi connectivity index (χ2v) is 5.97. The summed E-state index contributed by atoms with van der Waals surface area (Å²) in [5.74, 6) is -0.288. The maximum atomic E-state index is 13.6. The Hall–Kier alpha value is -0.580. The van der Waals surface area contributed by atoms with Crippen LogP contribution in [-0.4, -0.2) is 0 Å². The molecule has 0 amide bonds. The molecule has 0 bridgehead atoms. The second-order valence-electron chi connectivity index (χ2n) is 3.60. The molecule has 94 valence electrons. The third kappa shape index (κ3) is 3.46. The first-order valence-electron chi connectivity index (χ1n) is 5.08. The smallest absolute Gasteiger partial charge is 0.142 e. The molecule has 0 aliphatic rings. The van der Waals surface area contributed by atoms with Crippen LogP contribution in [0.3, 0.4) is 0 Å². The van der Waals surface area contributed by atoms with Gasteiger partial charge in [0, 0.05) is 15.1 Å². The van der Waals surface area contributed by atoms with Gasteiger partial charge in [0.05, 0.1) is 5.02 Å². The molecule has 0 unspecified atom stereocenters. The van der Waals surface area contributed by atoms with E-state index >= 15 is 0 Å². The Bertz CT molecular complexity index is 575. The van der Waals surface area contributed by atoms with Gasteiger partial charge in [-0.1, -0.05) is 33.6 Å². The Morgan fingerprint density at radius 3 is 2.50 bits per heavy atom. The summed E-state index contributed by atoms with van der Waals surface area (Å²) in [5, 5.41) is 0.0918. The lowest BCUT2D eigenvalue weighted by Crippen LogP contribution is -1.87. The number of halogens is 4. The highest BCUT2D eigenvalue weighted by Gasteiger charge is 2.05. The largest absolute Gasteiger partial charge is 0.207 e. The van der Waals surface area contributed by atoms with Gasteiger partial charge in [-0.15, -0.1) is 11.8 Å². The molecule has 0 fully saturated rings. The summed E-state index contributed by atoms with van der Waals surface area (Å²) >= 11 is 10.2. The van der Waals surface area contributed by atoms with Gasteiger partial charge >= 0.3 is 0 Å². The molecule has 0 nitrogen and oxygen atoms in total. The van der Waals surface area contributed by atoms with E-state index in [0.29, 0.717) is 15.8 Å². The van der Waals surface area contributed by atoms with E-state index in [2.05, 4.69) is 15.9 Å². The molecule has 0 aliphatic heterocycles. The van der Waals surface area contributed by atoms with Gasteiger partial charge in [0.2, 0.25) is 0 Å². The van der Waals surface area contributed by atoms with Crippen molar-refractivity contribution in [2.24, 2.45) is 0 Å². The van der Waals surface area contributed by atoms with Gasteiger partial charge in [-0.3, -0.25) is 0 Å².